The van der Waals surface area contributed by atoms with Crippen LogP contribution in [-0.2, 0) is 20.8 Å². The first kappa shape index (κ1) is 23.7. The Bertz CT molecular complexity index is 1080. The van der Waals surface area contributed by atoms with E-state index in [1.54, 1.807) is 0 Å². The molecule has 3 N–H and O–H groups in total. The fraction of sp³-hybridized carbons (Fsp3) is 0.360. The number of nitrogens with one attached hydrogen (secondary N) is 2. The van der Waals surface area contributed by atoms with Gasteiger partial charge in [0.05, 0.1) is 17.6 Å². The minimum Gasteiger partial charge on any atom is -0.459 e. The highest BCUT2D eigenvalue weighted by molar-refractivity contribution is 14.1. The second-order valence-corrected chi connectivity index (χ2v) is 9.21. The van der Waals surface area contributed by atoms with Crippen LogP contribution in [0.25, 0.3) is 11.0 Å². The van der Waals surface area contributed by atoms with Gasteiger partial charge in [-0.25, -0.2) is 4.98 Å². The van der Waals surface area contributed by atoms with E-state index in [1.807, 2.05) is 37.3 Å². The van der Waals surface area contributed by atoms with E-state index in [-0.39, 0.29) is 36.7 Å². The van der Waals surface area contributed by atoms with Crippen molar-refractivity contribution in [3.63, 3.8) is 0 Å². The molecule has 2 aromatic carbocycles. The van der Waals surface area contributed by atoms with Gasteiger partial charge in [0, 0.05) is 28.6 Å². The van der Waals surface area contributed by atoms with E-state index >= 15 is 0 Å². The first-order valence-corrected chi connectivity index (χ1v) is 12.2. The molecule has 3 aromatic rings. The number of rotatable bonds is 9. The third-order valence-corrected chi connectivity index (χ3v) is 6.46. The number of amides is 1. The molecule has 1 aliphatic heterocycles. The molecule has 1 amide bonds. The monoisotopic (exact) mass is 561 g/mol. The Morgan fingerprint density at radius 1 is 1.24 bits per heavy atom. The molecule has 0 spiro atoms. The fourth-order valence-corrected chi connectivity index (χ4v) is 4.53. The number of carbonyl (C=O) groups excluding carboxylic acids is 1. The van der Waals surface area contributed by atoms with Gasteiger partial charge in [0.1, 0.15) is 5.82 Å². The Labute approximate surface area is 206 Å². The van der Waals surface area contributed by atoms with Crippen molar-refractivity contribution in [3.05, 3.63) is 75.3 Å². The van der Waals surface area contributed by atoms with Crippen LogP contribution >= 0.6 is 22.6 Å². The van der Waals surface area contributed by atoms with E-state index in [0.29, 0.717) is 18.9 Å². The summed E-state index contributed by atoms with van der Waals surface area (Å²) in [5, 5.41) is 12.3. The van der Waals surface area contributed by atoms with Crippen molar-refractivity contribution in [3.8, 4) is 0 Å². The lowest BCUT2D eigenvalue weighted by atomic mass is 9.80. The van der Waals surface area contributed by atoms with Crippen molar-refractivity contribution < 1.29 is 19.4 Å². The third-order valence-electron chi connectivity index (χ3n) is 5.74. The number of aromatic nitrogens is 2. The lowest BCUT2D eigenvalue weighted by molar-refractivity contribution is -0.166. The highest BCUT2D eigenvalue weighted by Gasteiger charge is 2.37. The number of hydrogen-bond acceptors (Lipinski definition) is 5. The van der Waals surface area contributed by atoms with Crippen molar-refractivity contribution in [2.24, 2.45) is 5.92 Å². The zero-order chi connectivity index (χ0) is 23.2. The average Bonchev–Trinajstić information content (AvgIpc) is 3.25. The van der Waals surface area contributed by atoms with E-state index in [4.69, 9.17) is 9.47 Å². The number of hydrogen-bond donors (Lipinski definition) is 3. The summed E-state index contributed by atoms with van der Waals surface area (Å²) in [5.41, 5.74) is 2.88. The molecule has 7 nitrogen and oxygen atoms in total. The highest BCUT2D eigenvalue weighted by atomic mass is 127. The standard InChI is InChI=1S/C25H28IN3O4/c1-2-32-25-18(6-5-13-30)19(16-9-11-17(26)12-10-16)14-22(33-25)24(31)27-15-23-28-20-7-3-4-8-21(20)29-23/h3-4,7-12,14,18-19,25,30H,2,5-6,13,15H2,1H3,(H,27,31)(H,28,29)/t18-,19+,25+/m0/s1. The summed E-state index contributed by atoms with van der Waals surface area (Å²) in [6.45, 7) is 2.73. The van der Waals surface area contributed by atoms with Gasteiger partial charge >= 0.3 is 0 Å². The second kappa shape index (κ2) is 11.1. The Kier molecular flexibility index (Phi) is 8.00. The van der Waals surface area contributed by atoms with Crippen LogP contribution in [0.1, 0.15) is 37.1 Å². The van der Waals surface area contributed by atoms with Gasteiger partial charge in [-0.1, -0.05) is 24.3 Å². The molecule has 0 radical (unpaired) electrons. The molecule has 0 unspecified atom stereocenters. The number of para-hydroxylation sites is 2. The number of aromatic amines is 1. The van der Waals surface area contributed by atoms with Crippen LogP contribution in [0.5, 0.6) is 0 Å². The molecule has 4 rings (SSSR count). The number of nitrogens with zero attached hydrogens (tertiary/aromatic N) is 1. The van der Waals surface area contributed by atoms with E-state index < -0.39 is 6.29 Å². The molecule has 0 saturated heterocycles. The van der Waals surface area contributed by atoms with Crippen LogP contribution in [0.3, 0.4) is 0 Å². The maximum atomic E-state index is 13.0. The highest BCUT2D eigenvalue weighted by Crippen LogP contribution is 2.39. The molecule has 8 heteroatoms. The van der Waals surface area contributed by atoms with Gasteiger partial charge in [0.2, 0.25) is 6.29 Å². The van der Waals surface area contributed by atoms with Crippen LogP contribution in [0.15, 0.2) is 60.4 Å². The summed E-state index contributed by atoms with van der Waals surface area (Å²) in [4.78, 5) is 20.8. The van der Waals surface area contributed by atoms with Gasteiger partial charge in [0.15, 0.2) is 5.76 Å². The second-order valence-electron chi connectivity index (χ2n) is 7.96. The molecule has 3 atom stereocenters. The molecule has 0 fully saturated rings. The number of fused-ring (bicyclic) bond motifs is 1. The van der Waals surface area contributed by atoms with Crippen LogP contribution in [0.2, 0.25) is 0 Å². The Balaban J connectivity index is 1.56. The summed E-state index contributed by atoms with van der Waals surface area (Å²) in [6, 6.07) is 16.0. The summed E-state index contributed by atoms with van der Waals surface area (Å²) < 4.78 is 13.1. The van der Waals surface area contributed by atoms with Gasteiger partial charge < -0.3 is 24.9 Å². The van der Waals surface area contributed by atoms with Crippen molar-refractivity contribution in [1.82, 2.24) is 15.3 Å². The molecular formula is C25H28IN3O4. The molecule has 33 heavy (non-hydrogen) atoms. The maximum absolute atomic E-state index is 13.0. The lowest BCUT2D eigenvalue weighted by Gasteiger charge is -2.37. The fourth-order valence-electron chi connectivity index (χ4n) is 4.17. The smallest absolute Gasteiger partial charge is 0.286 e. The molecule has 0 saturated carbocycles. The molecule has 1 aromatic heterocycles. The quantitative estimate of drug-likeness (QED) is 0.340. The predicted molar refractivity (Wildman–Crippen MR) is 134 cm³/mol. The lowest BCUT2D eigenvalue weighted by Crippen LogP contribution is -2.39. The Morgan fingerprint density at radius 2 is 2.03 bits per heavy atom. The third kappa shape index (κ3) is 5.74. The number of allylic oxidation sites excluding steroid dienone is 1. The van der Waals surface area contributed by atoms with Crippen LogP contribution < -0.4 is 5.32 Å². The number of H-pyrrole nitrogens is 1. The number of halogens is 1. The van der Waals surface area contributed by atoms with Crippen molar-refractivity contribution >= 4 is 39.5 Å². The first-order chi connectivity index (χ1) is 16.1. The zero-order valence-corrected chi connectivity index (χ0v) is 20.6. The minimum absolute atomic E-state index is 0.0101. The van der Waals surface area contributed by atoms with Crippen molar-refractivity contribution in [1.29, 1.82) is 0 Å². The normalized spacial score (nSPS) is 20.3. The van der Waals surface area contributed by atoms with Gasteiger partial charge in [-0.2, -0.15) is 0 Å². The summed E-state index contributed by atoms with van der Waals surface area (Å²) in [7, 11) is 0. The number of imidazole rings is 1. The molecule has 2 heterocycles. The van der Waals surface area contributed by atoms with E-state index in [1.165, 1.54) is 0 Å². The van der Waals surface area contributed by atoms with Gasteiger partial charge in [-0.3, -0.25) is 4.79 Å². The number of carbonyl (C=O) groups is 1. The van der Waals surface area contributed by atoms with E-state index in [0.717, 1.165) is 26.6 Å². The van der Waals surface area contributed by atoms with Gasteiger partial charge in [0.25, 0.3) is 5.91 Å². The van der Waals surface area contributed by atoms with Crippen molar-refractivity contribution in [2.75, 3.05) is 13.2 Å². The van der Waals surface area contributed by atoms with E-state index in [2.05, 4.69) is 62.1 Å². The number of benzene rings is 2. The maximum Gasteiger partial charge on any atom is 0.286 e. The molecular weight excluding hydrogens is 533 g/mol. The summed E-state index contributed by atoms with van der Waals surface area (Å²) in [5.74, 6) is 0.539. The largest absolute Gasteiger partial charge is 0.459 e. The Hall–Kier alpha value is -2.43. The predicted octanol–water partition coefficient (Wildman–Crippen LogP) is 4.23. The van der Waals surface area contributed by atoms with E-state index in [9.17, 15) is 9.90 Å². The van der Waals surface area contributed by atoms with Crippen molar-refractivity contribution in [2.45, 2.75) is 38.5 Å². The SMILES string of the molecule is CCO[C@@H]1OC(C(=O)NCc2nc3ccccc3[nH]2)=C[C@H](c2ccc(I)cc2)[C@@H]1CCCO. The van der Waals surface area contributed by atoms with Crippen LogP contribution in [0.4, 0.5) is 0 Å². The van der Waals surface area contributed by atoms with Crippen LogP contribution in [-0.4, -0.2) is 40.5 Å². The number of ether oxygens (including phenoxy) is 2. The first-order valence-electron chi connectivity index (χ1n) is 11.2. The average molecular weight is 561 g/mol. The zero-order valence-electron chi connectivity index (χ0n) is 18.5. The summed E-state index contributed by atoms with van der Waals surface area (Å²) >= 11 is 2.28. The van der Waals surface area contributed by atoms with Gasteiger partial charge in [-0.15, -0.1) is 0 Å². The summed E-state index contributed by atoms with van der Waals surface area (Å²) in [6.07, 6.45) is 2.68. The van der Waals surface area contributed by atoms with Gasteiger partial charge in [-0.05, 0) is 78.3 Å². The topological polar surface area (TPSA) is 96.5 Å². The molecule has 174 valence electrons. The number of aliphatic hydroxyl groups is 1. The molecule has 0 bridgehead atoms. The Morgan fingerprint density at radius 3 is 2.76 bits per heavy atom. The molecule has 0 aliphatic carbocycles. The van der Waals surface area contributed by atoms with Crippen LogP contribution in [0, 0.1) is 9.49 Å². The minimum atomic E-state index is -0.567. The molecule has 1 aliphatic rings. The number of aliphatic hydroxyl groups excluding tert-OH is 1.